The van der Waals surface area contributed by atoms with Crippen molar-refractivity contribution in [1.29, 1.82) is 0 Å². The molecule has 0 aliphatic carbocycles. The summed E-state index contributed by atoms with van der Waals surface area (Å²) in [5.41, 5.74) is 3.39. The number of nitrogens with zero attached hydrogens (tertiary/aromatic N) is 1. The molecule has 0 fully saturated rings. The van der Waals surface area contributed by atoms with Crippen molar-refractivity contribution in [3.05, 3.63) is 47.0 Å². The number of aryl methyl sites for hydroxylation is 1. The number of fused-ring (bicyclic) bond motifs is 2. The zero-order valence-corrected chi connectivity index (χ0v) is 44.9. The molecule has 2 aromatic rings. The molecule has 2 aromatic carbocycles. The van der Waals surface area contributed by atoms with Crippen LogP contribution >= 0.6 is 0 Å². The predicted molar refractivity (Wildman–Crippen MR) is 350 cm³/mol. The fraction of sp³-hybridized carbons (Fsp3) is 0.480. The maximum Gasteiger partial charge on any atom is 0.231 e. The molecule has 7 nitrogen and oxygen atoms in total. The number of quaternary nitrogens is 1. The van der Waals surface area contributed by atoms with Crippen LogP contribution in [0.4, 0.5) is 0 Å². The summed E-state index contributed by atoms with van der Waals surface area (Å²) in [4.78, 5) is 13.1. The van der Waals surface area contributed by atoms with Crippen molar-refractivity contribution in [2.75, 3.05) is 48.4 Å². The van der Waals surface area contributed by atoms with Gasteiger partial charge in [-0.25, -0.2) is 0 Å². The summed E-state index contributed by atoms with van der Waals surface area (Å²) in [5.74, 6) is 3.10. The highest BCUT2D eigenvalue weighted by molar-refractivity contribution is 8.32. The van der Waals surface area contributed by atoms with Crippen LogP contribution in [0.1, 0.15) is 35.6 Å². The summed E-state index contributed by atoms with van der Waals surface area (Å²) in [6, 6.07) is 9.88. The second-order valence-corrected chi connectivity index (χ2v) is 19.9. The van der Waals surface area contributed by atoms with Gasteiger partial charge in [0.2, 0.25) is 12.5 Å². The Morgan fingerprint density at radius 1 is 0.603 bits per heavy atom. The maximum atomic E-state index is 13.1. The molecule has 2 heterocycles. The van der Waals surface area contributed by atoms with E-state index in [0.717, 1.165) is 40.1 Å². The molecule has 0 aromatic heterocycles. The fourth-order valence-corrected chi connectivity index (χ4v) is 11.0. The Kier molecular flexibility index (Phi) is 30.6. The lowest BCUT2D eigenvalue weighted by Crippen LogP contribution is -3.00. The van der Waals surface area contributed by atoms with E-state index >= 15 is 0 Å². The van der Waals surface area contributed by atoms with Gasteiger partial charge < -0.3 is 52.1 Å². The average Bonchev–Trinajstić information content (AvgIpc) is 3.74. The highest BCUT2D eigenvalue weighted by Gasteiger charge is 2.57. The molecule has 42 radical (unpaired) electrons. The standard InChI is InChI=1S/C25H32NO6.B40.HI/c1-26(2)12-11-18-13-22-24(32-16-31-22)25(29-4)23(18)21(26)14-19(27)8-5-17-6-9-20(10-7-17)30-15-28-3;1-22(2)32(21)37(31(19)20)40(38(33(23(3)4)24(5)6)34(25(7)8)26(9)10)39(35(27(11)12)28(13)14)36(29(15)16)30(17)18;/h6-7,9-10,13,21H,5,8,11-12,14-16H2,1-4H3;;1H/q+1;;/p-1. The zero-order chi connectivity index (χ0) is 54.7. The van der Waals surface area contributed by atoms with Crippen LogP contribution in [0, 0.1) is 0 Å². The summed E-state index contributed by atoms with van der Waals surface area (Å²) >= 11 is 0. The average molecular weight is 1000 g/mol. The van der Waals surface area contributed by atoms with Crippen molar-refractivity contribution in [3.63, 3.8) is 0 Å². The van der Waals surface area contributed by atoms with Gasteiger partial charge in [0, 0.05) is 304 Å². The minimum absolute atomic E-state index is 0. The molecule has 0 saturated carbocycles. The quantitative estimate of drug-likeness (QED) is 0.0385. The maximum absolute atomic E-state index is 13.1. The molecule has 0 saturated heterocycles. The van der Waals surface area contributed by atoms with Gasteiger partial charge in [0.05, 0.1) is 39.7 Å². The molecule has 1 atom stereocenters. The van der Waals surface area contributed by atoms with Gasteiger partial charge >= 0.3 is 0 Å². The largest absolute Gasteiger partial charge is 1.00 e. The topological polar surface area (TPSA) is 63.2 Å². The molecule has 73 heavy (non-hydrogen) atoms. The van der Waals surface area contributed by atoms with E-state index < -0.39 is 121 Å². The first kappa shape index (κ1) is 69.7. The van der Waals surface area contributed by atoms with Crippen molar-refractivity contribution in [2.45, 2.75) is 31.7 Å². The molecule has 1 unspecified atom stereocenters. The molecule has 48 heteroatoms. The van der Waals surface area contributed by atoms with Gasteiger partial charge in [-0.1, -0.05) is 12.1 Å². The third-order valence-corrected chi connectivity index (χ3v) is 14.5. The number of carbonyl (C=O) groups excluding carboxylic acids is 1. The van der Waals surface area contributed by atoms with Crippen molar-refractivity contribution in [1.82, 2.24) is 0 Å². The fourth-order valence-electron chi connectivity index (χ4n) is 11.0. The first-order chi connectivity index (χ1) is 33.5. The number of ketones is 1. The van der Waals surface area contributed by atoms with Crippen molar-refractivity contribution in [3.8, 4) is 23.0 Å². The molecule has 0 bridgehead atoms. The van der Waals surface area contributed by atoms with E-state index in [1.165, 1.54) is 5.56 Å². The Morgan fingerprint density at radius 3 is 1.41 bits per heavy atom. The molecule has 4 rings (SSSR count). The van der Waals surface area contributed by atoms with E-state index in [0.29, 0.717) is 30.8 Å². The highest BCUT2D eigenvalue weighted by Crippen LogP contribution is 2.51. The first-order valence-electron chi connectivity index (χ1n) is 24.0. The monoisotopic (exact) mass is 1010 g/mol. The Balaban J connectivity index is 0.000000502. The summed E-state index contributed by atoms with van der Waals surface area (Å²) in [6.45, 7) is 1.38. The highest BCUT2D eigenvalue weighted by atomic mass is 127. The van der Waals surface area contributed by atoms with Crippen LogP contribution in [-0.4, -0.2) is 343 Å². The number of likely N-dealkylation sites (N-methyl/N-ethyl adjacent to an activating group) is 1. The number of carbonyl (C=O) groups is 1. The number of benzene rings is 2. The van der Waals surface area contributed by atoms with Crippen molar-refractivity contribution < 1.29 is 56.9 Å². The number of hydrogen-bond acceptors (Lipinski definition) is 6. The van der Waals surface area contributed by atoms with Gasteiger partial charge in [0.15, 0.2) is 18.3 Å². The number of ether oxygens (including phenoxy) is 5. The van der Waals surface area contributed by atoms with Gasteiger partial charge in [0.1, 0.15) is 17.6 Å². The molecule has 2 aliphatic heterocycles. The number of halogens is 1. The van der Waals surface area contributed by atoms with Gasteiger partial charge in [-0.2, -0.15) is 0 Å². The van der Waals surface area contributed by atoms with Crippen molar-refractivity contribution in [2.24, 2.45) is 0 Å². The first-order valence-corrected chi connectivity index (χ1v) is 24.0. The molecular weight excluding hydrogens is 970 g/mol. The van der Waals surface area contributed by atoms with Crippen LogP contribution in [0.2, 0.25) is 0 Å². The van der Waals surface area contributed by atoms with Crippen LogP contribution in [0.3, 0.4) is 0 Å². The van der Waals surface area contributed by atoms with Gasteiger partial charge in [-0.05, 0) is 35.7 Å². The Morgan fingerprint density at radius 2 is 1.03 bits per heavy atom. The van der Waals surface area contributed by atoms with Crippen molar-refractivity contribution >= 4 is 290 Å². The van der Waals surface area contributed by atoms with E-state index in [4.69, 9.17) is 186 Å². The Labute approximate surface area is 492 Å². The minimum Gasteiger partial charge on any atom is -1.00 e. The molecule has 2 aliphatic rings. The number of rotatable bonds is 27. The third-order valence-electron chi connectivity index (χ3n) is 14.5. The minimum atomic E-state index is -1.25. The zero-order valence-electron chi connectivity index (χ0n) is 42.8. The number of Topliss-reactive ketones (excluding diaryl/α,β-unsaturated/α-hetero) is 1. The van der Waals surface area contributed by atoms with Crippen LogP contribution in [0.5, 0.6) is 23.0 Å². The van der Waals surface area contributed by atoms with Crippen LogP contribution in [-0.2, 0) is 22.4 Å². The second-order valence-electron chi connectivity index (χ2n) is 19.9. The third kappa shape index (κ3) is 18.5. The van der Waals surface area contributed by atoms with Crippen LogP contribution in [0.25, 0.3) is 0 Å². The van der Waals surface area contributed by atoms with E-state index in [-0.39, 0.29) is 49.4 Å². The van der Waals surface area contributed by atoms with Crippen LogP contribution < -0.4 is 42.9 Å². The second kappa shape index (κ2) is 32.1. The van der Waals surface area contributed by atoms with E-state index in [9.17, 15) is 4.79 Å². The summed E-state index contributed by atoms with van der Waals surface area (Å²) in [5, 5.41) is 0. The lowest BCUT2D eigenvalue weighted by molar-refractivity contribution is -0.922. The van der Waals surface area contributed by atoms with Crippen LogP contribution in [0.15, 0.2) is 30.3 Å². The van der Waals surface area contributed by atoms with E-state index in [2.05, 4.69) is 20.2 Å². The Bertz CT molecular complexity index is 1840. The van der Waals surface area contributed by atoms with Gasteiger partial charge in [-0.3, -0.25) is 4.79 Å². The number of methoxy groups -OCH3 is 2. The molecule has 300 valence electrons. The lowest BCUT2D eigenvalue weighted by Gasteiger charge is -2.54. The summed E-state index contributed by atoms with van der Waals surface area (Å²) < 4.78 is 28.2. The molecular formula is C25H32B40INO6. The van der Waals surface area contributed by atoms with Gasteiger partial charge in [0.25, 0.3) is 0 Å². The molecule has 0 spiro atoms. The Hall–Kier alpha value is 0.557. The normalized spacial score (nSPS) is 13.2. The molecule has 0 N–H and O–H groups in total. The smallest absolute Gasteiger partial charge is 0.231 e. The summed E-state index contributed by atoms with van der Waals surface area (Å²) in [7, 11) is 139. The van der Waals surface area contributed by atoms with E-state index in [1.54, 1.807) is 14.2 Å². The SMILES string of the molecule is COCOc1ccc(CCC(=O)CC2c3c(cc4c(c3OC)OCO4)CC[N+]2(C)C)cc1.[B]B([B])B([B])B(B([B])[B])B(B(B(B([B])[B])B([B])[B])B(B([B])[B])B([B])[B])B(B(B([B])[B])B([B])[B])B(B([B])[B])B([B])[B].[I-]. The molecule has 0 amide bonds. The lowest BCUT2D eigenvalue weighted by atomic mass is 8.27. The van der Waals surface area contributed by atoms with Gasteiger partial charge in [-0.15, -0.1) is 0 Å². The summed E-state index contributed by atoms with van der Waals surface area (Å²) in [6.07, 6.45) is -19.1. The van der Waals surface area contributed by atoms with E-state index in [1.807, 2.05) is 24.3 Å². The predicted octanol–water partition coefficient (Wildman–Crippen LogP) is -14.6. The number of hydrogen-bond donors (Lipinski definition) is 0.